The van der Waals surface area contributed by atoms with Crippen molar-refractivity contribution in [3.63, 3.8) is 0 Å². The van der Waals surface area contributed by atoms with Crippen LogP contribution in [0.2, 0.25) is 5.28 Å². The second kappa shape index (κ2) is 5.62. The largest absolute Gasteiger partial charge is 0.368 e. The molecule has 1 N–H and O–H groups in total. The summed E-state index contributed by atoms with van der Waals surface area (Å²) < 4.78 is 0. The number of likely N-dealkylation sites (N-methyl/N-ethyl adjacent to an activating group) is 2. The van der Waals surface area contributed by atoms with Crippen LogP contribution in [0.5, 0.6) is 0 Å². The van der Waals surface area contributed by atoms with Crippen molar-refractivity contribution >= 4 is 17.4 Å². The molecule has 94 valence electrons. The molecule has 1 unspecified atom stereocenters. The Morgan fingerprint density at radius 1 is 1.47 bits per heavy atom. The number of rotatable bonds is 3. The highest BCUT2D eigenvalue weighted by Gasteiger charge is 2.21. The molecule has 1 aliphatic rings. The molecule has 1 aromatic heterocycles. The summed E-state index contributed by atoms with van der Waals surface area (Å²) in [6.45, 7) is 4.18. The van der Waals surface area contributed by atoms with E-state index in [2.05, 4.69) is 39.2 Å². The van der Waals surface area contributed by atoms with E-state index in [1.807, 2.05) is 6.07 Å². The first-order chi connectivity index (χ1) is 8.15. The Morgan fingerprint density at radius 3 is 3.06 bits per heavy atom. The average Bonchev–Trinajstić information content (AvgIpc) is 2.30. The number of nitrogens with zero attached hydrogens (tertiary/aromatic N) is 4. The highest BCUT2D eigenvalue weighted by atomic mass is 35.5. The summed E-state index contributed by atoms with van der Waals surface area (Å²) in [4.78, 5) is 12.7. The minimum absolute atomic E-state index is 0.282. The van der Waals surface area contributed by atoms with Gasteiger partial charge in [0.15, 0.2) is 0 Å². The molecule has 1 saturated heterocycles. The smallest absolute Gasteiger partial charge is 0.224 e. The van der Waals surface area contributed by atoms with Gasteiger partial charge >= 0.3 is 0 Å². The van der Waals surface area contributed by atoms with Crippen molar-refractivity contribution in [1.82, 2.24) is 19.8 Å². The molecule has 0 saturated carbocycles. The van der Waals surface area contributed by atoms with Crippen LogP contribution in [0.3, 0.4) is 0 Å². The van der Waals surface area contributed by atoms with Gasteiger partial charge in [0, 0.05) is 38.4 Å². The first kappa shape index (κ1) is 12.5. The number of halogens is 1. The van der Waals surface area contributed by atoms with Gasteiger partial charge in [-0.1, -0.05) is 0 Å². The summed E-state index contributed by atoms with van der Waals surface area (Å²) >= 11 is 5.74. The summed E-state index contributed by atoms with van der Waals surface area (Å²) in [7, 11) is 4.31. The van der Waals surface area contributed by atoms with Gasteiger partial charge in [-0.3, -0.25) is 4.90 Å². The first-order valence-electron chi connectivity index (χ1n) is 5.76. The fourth-order valence-corrected chi connectivity index (χ4v) is 2.12. The standard InChI is InChI=1S/C11H18ClN5/c1-16-5-6-17(2)9(8-16)7-14-10-3-4-13-11(12)15-10/h3-4,9H,5-8H2,1-2H3,(H,13,14,15). The van der Waals surface area contributed by atoms with Crippen molar-refractivity contribution in [2.24, 2.45) is 0 Å². The monoisotopic (exact) mass is 255 g/mol. The molecule has 0 amide bonds. The molecule has 5 nitrogen and oxygen atoms in total. The number of hydrogen-bond acceptors (Lipinski definition) is 5. The van der Waals surface area contributed by atoms with Crippen LogP contribution in [-0.2, 0) is 0 Å². The topological polar surface area (TPSA) is 44.3 Å². The third kappa shape index (κ3) is 3.52. The molecule has 0 bridgehead atoms. The number of nitrogens with one attached hydrogen (secondary N) is 1. The van der Waals surface area contributed by atoms with E-state index in [0.717, 1.165) is 32.0 Å². The van der Waals surface area contributed by atoms with Gasteiger partial charge in [-0.15, -0.1) is 0 Å². The van der Waals surface area contributed by atoms with Crippen LogP contribution in [0.15, 0.2) is 12.3 Å². The van der Waals surface area contributed by atoms with Crippen LogP contribution in [-0.4, -0.2) is 66.1 Å². The van der Waals surface area contributed by atoms with Gasteiger partial charge in [0.25, 0.3) is 0 Å². The molecular weight excluding hydrogens is 238 g/mol. The molecule has 17 heavy (non-hydrogen) atoms. The van der Waals surface area contributed by atoms with E-state index in [0.29, 0.717) is 6.04 Å². The number of hydrogen-bond donors (Lipinski definition) is 1. The molecule has 1 aromatic rings. The molecule has 0 aliphatic carbocycles. The van der Waals surface area contributed by atoms with E-state index < -0.39 is 0 Å². The zero-order valence-corrected chi connectivity index (χ0v) is 11.0. The predicted molar refractivity (Wildman–Crippen MR) is 69.4 cm³/mol. The Hall–Kier alpha value is -0.910. The van der Waals surface area contributed by atoms with Crippen molar-refractivity contribution < 1.29 is 0 Å². The SMILES string of the molecule is CN1CCN(C)C(CNc2ccnc(Cl)n2)C1. The quantitative estimate of drug-likeness (QED) is 0.809. The fourth-order valence-electron chi connectivity index (χ4n) is 1.98. The van der Waals surface area contributed by atoms with Gasteiger partial charge in [0.1, 0.15) is 5.82 Å². The van der Waals surface area contributed by atoms with Crippen molar-refractivity contribution in [3.8, 4) is 0 Å². The van der Waals surface area contributed by atoms with Crippen molar-refractivity contribution in [1.29, 1.82) is 0 Å². The van der Waals surface area contributed by atoms with Gasteiger partial charge in [0.2, 0.25) is 5.28 Å². The molecule has 1 atom stereocenters. The highest BCUT2D eigenvalue weighted by molar-refractivity contribution is 6.28. The minimum atomic E-state index is 0.282. The molecule has 0 aromatic carbocycles. The highest BCUT2D eigenvalue weighted by Crippen LogP contribution is 2.09. The van der Waals surface area contributed by atoms with E-state index in [1.54, 1.807) is 6.20 Å². The van der Waals surface area contributed by atoms with Crippen LogP contribution in [0.4, 0.5) is 5.82 Å². The number of piperazine rings is 1. The fraction of sp³-hybridized carbons (Fsp3) is 0.636. The minimum Gasteiger partial charge on any atom is -0.368 e. The van der Waals surface area contributed by atoms with Gasteiger partial charge in [-0.2, -0.15) is 0 Å². The second-order valence-electron chi connectivity index (χ2n) is 4.49. The second-order valence-corrected chi connectivity index (χ2v) is 4.83. The zero-order chi connectivity index (χ0) is 12.3. The van der Waals surface area contributed by atoms with Crippen LogP contribution < -0.4 is 5.32 Å². The van der Waals surface area contributed by atoms with E-state index in [1.165, 1.54) is 0 Å². The van der Waals surface area contributed by atoms with Crippen molar-refractivity contribution in [2.45, 2.75) is 6.04 Å². The van der Waals surface area contributed by atoms with Crippen molar-refractivity contribution in [2.75, 3.05) is 45.6 Å². The Balaban J connectivity index is 1.88. The maximum Gasteiger partial charge on any atom is 0.224 e. The summed E-state index contributed by atoms with van der Waals surface area (Å²) in [5.74, 6) is 0.784. The first-order valence-corrected chi connectivity index (χ1v) is 6.14. The Kier molecular flexibility index (Phi) is 4.15. The summed E-state index contributed by atoms with van der Waals surface area (Å²) in [5.41, 5.74) is 0. The molecule has 2 heterocycles. The summed E-state index contributed by atoms with van der Waals surface area (Å²) in [6, 6.07) is 2.33. The maximum atomic E-state index is 5.74. The van der Waals surface area contributed by atoms with E-state index >= 15 is 0 Å². The van der Waals surface area contributed by atoms with Crippen LogP contribution >= 0.6 is 11.6 Å². The lowest BCUT2D eigenvalue weighted by Crippen LogP contribution is -2.52. The van der Waals surface area contributed by atoms with Crippen LogP contribution in [0.25, 0.3) is 0 Å². The lowest BCUT2D eigenvalue weighted by molar-refractivity contribution is 0.122. The number of aromatic nitrogens is 2. The van der Waals surface area contributed by atoms with E-state index in [-0.39, 0.29) is 5.28 Å². The average molecular weight is 256 g/mol. The third-order valence-electron chi connectivity index (χ3n) is 3.13. The van der Waals surface area contributed by atoms with Gasteiger partial charge in [0.05, 0.1) is 0 Å². The van der Waals surface area contributed by atoms with Crippen LogP contribution in [0.1, 0.15) is 0 Å². The van der Waals surface area contributed by atoms with Gasteiger partial charge in [-0.25, -0.2) is 9.97 Å². The molecule has 1 aliphatic heterocycles. The summed E-state index contributed by atoms with van der Waals surface area (Å²) in [6.07, 6.45) is 1.66. The van der Waals surface area contributed by atoms with E-state index in [4.69, 9.17) is 11.6 Å². The van der Waals surface area contributed by atoms with Gasteiger partial charge < -0.3 is 10.2 Å². The van der Waals surface area contributed by atoms with Gasteiger partial charge in [-0.05, 0) is 31.8 Å². The lowest BCUT2D eigenvalue weighted by atomic mass is 10.2. The lowest BCUT2D eigenvalue weighted by Gasteiger charge is -2.37. The van der Waals surface area contributed by atoms with Crippen molar-refractivity contribution in [3.05, 3.63) is 17.5 Å². The molecule has 1 fully saturated rings. The normalized spacial score (nSPS) is 22.6. The van der Waals surface area contributed by atoms with E-state index in [9.17, 15) is 0 Å². The summed E-state index contributed by atoms with van der Waals surface area (Å²) in [5, 5.41) is 3.58. The Bertz CT molecular complexity index is 373. The Labute approximate surface area is 107 Å². The molecular formula is C11H18ClN5. The molecule has 6 heteroatoms. The Morgan fingerprint density at radius 2 is 2.29 bits per heavy atom. The van der Waals surface area contributed by atoms with Crippen LogP contribution in [0, 0.1) is 0 Å². The number of anilines is 1. The molecule has 0 spiro atoms. The maximum absolute atomic E-state index is 5.74. The molecule has 2 rings (SSSR count). The predicted octanol–water partition coefficient (Wildman–Crippen LogP) is 0.788. The zero-order valence-electron chi connectivity index (χ0n) is 10.2. The third-order valence-corrected chi connectivity index (χ3v) is 3.31. The molecule has 0 radical (unpaired) electrons.